The van der Waals surface area contributed by atoms with Crippen LogP contribution in [0.25, 0.3) is 0 Å². The van der Waals surface area contributed by atoms with Crippen molar-refractivity contribution < 1.29 is 27.5 Å². The molecule has 1 heterocycles. The van der Waals surface area contributed by atoms with Crippen LogP contribution in [0.15, 0.2) is 47.4 Å². The van der Waals surface area contributed by atoms with Crippen LogP contribution in [0, 0.1) is 0 Å². The molecule has 3 amide bonds. The van der Waals surface area contributed by atoms with Crippen molar-refractivity contribution in [2.45, 2.75) is 56.0 Å². The Bertz CT molecular complexity index is 1240. The summed E-state index contributed by atoms with van der Waals surface area (Å²) < 4.78 is 32.4. The van der Waals surface area contributed by atoms with Gasteiger partial charge in [0, 0.05) is 30.4 Å². The third-order valence-corrected chi connectivity index (χ3v) is 7.92. The molecule has 2 aromatic carbocycles. The fourth-order valence-corrected chi connectivity index (χ4v) is 5.84. The summed E-state index contributed by atoms with van der Waals surface area (Å²) in [4.78, 5) is 40.1. The first-order valence-corrected chi connectivity index (χ1v) is 13.1. The Morgan fingerprint density at radius 2 is 1.69 bits per heavy atom. The minimum absolute atomic E-state index is 0.0582. The molecule has 1 atom stereocenters. The lowest BCUT2D eigenvalue weighted by molar-refractivity contribution is 0.0548. The lowest BCUT2D eigenvalue weighted by Crippen LogP contribution is -2.40. The SMILES string of the molecule is COCC(C)NS(=O)(=O)c1ccc(NC(=O)c2ccc3c(c2)C(=O)N(C2CCCCC2)C3=O)cc1. The molecule has 1 fully saturated rings. The number of carbonyl (C=O) groups excluding carboxylic acids is 3. The van der Waals surface area contributed by atoms with Crippen LogP contribution in [0.2, 0.25) is 0 Å². The number of nitrogens with one attached hydrogen (secondary N) is 2. The predicted molar refractivity (Wildman–Crippen MR) is 130 cm³/mol. The summed E-state index contributed by atoms with van der Waals surface area (Å²) in [5.41, 5.74) is 1.19. The number of fused-ring (bicyclic) bond motifs is 1. The molecular weight excluding hydrogens is 470 g/mol. The molecule has 0 spiro atoms. The molecule has 2 N–H and O–H groups in total. The highest BCUT2D eigenvalue weighted by Gasteiger charge is 2.40. The van der Waals surface area contributed by atoms with Gasteiger partial charge < -0.3 is 10.1 Å². The summed E-state index contributed by atoms with van der Waals surface area (Å²) in [6, 6.07) is 9.77. The van der Waals surface area contributed by atoms with Crippen molar-refractivity contribution in [2.75, 3.05) is 19.0 Å². The van der Waals surface area contributed by atoms with Gasteiger partial charge in [-0.05, 0) is 62.2 Å². The van der Waals surface area contributed by atoms with Gasteiger partial charge in [-0.1, -0.05) is 19.3 Å². The molecule has 186 valence electrons. The van der Waals surface area contributed by atoms with Crippen LogP contribution >= 0.6 is 0 Å². The fraction of sp³-hybridized carbons (Fsp3) is 0.400. The first-order valence-electron chi connectivity index (χ1n) is 11.7. The van der Waals surface area contributed by atoms with Gasteiger partial charge in [0.2, 0.25) is 10.0 Å². The molecule has 2 aromatic rings. The second-order valence-electron chi connectivity index (χ2n) is 8.99. The van der Waals surface area contributed by atoms with Gasteiger partial charge in [0.25, 0.3) is 17.7 Å². The van der Waals surface area contributed by atoms with Crippen molar-refractivity contribution in [2.24, 2.45) is 0 Å². The van der Waals surface area contributed by atoms with Crippen LogP contribution in [0.1, 0.15) is 70.1 Å². The molecule has 35 heavy (non-hydrogen) atoms. The van der Waals surface area contributed by atoms with E-state index in [2.05, 4.69) is 10.0 Å². The summed E-state index contributed by atoms with van der Waals surface area (Å²) >= 11 is 0. The summed E-state index contributed by atoms with van der Waals surface area (Å²) in [5.74, 6) is -1.11. The van der Waals surface area contributed by atoms with Crippen LogP contribution in [-0.4, -0.2) is 56.8 Å². The van der Waals surface area contributed by atoms with Crippen molar-refractivity contribution in [1.29, 1.82) is 0 Å². The van der Waals surface area contributed by atoms with E-state index in [1.807, 2.05) is 0 Å². The second kappa shape index (κ2) is 10.3. The number of methoxy groups -OCH3 is 1. The highest BCUT2D eigenvalue weighted by molar-refractivity contribution is 7.89. The van der Waals surface area contributed by atoms with E-state index in [4.69, 9.17) is 4.74 Å². The number of rotatable bonds is 8. The molecule has 0 bridgehead atoms. The maximum Gasteiger partial charge on any atom is 0.261 e. The predicted octanol–water partition coefficient (Wildman–Crippen LogP) is 3.18. The maximum absolute atomic E-state index is 13.0. The van der Waals surface area contributed by atoms with Crippen molar-refractivity contribution in [3.8, 4) is 0 Å². The van der Waals surface area contributed by atoms with Crippen molar-refractivity contribution in [3.05, 3.63) is 59.2 Å². The normalized spacial score (nSPS) is 17.4. The first-order chi connectivity index (χ1) is 16.7. The first kappa shape index (κ1) is 25.0. The molecular formula is C25H29N3O6S. The Kier molecular flexibility index (Phi) is 7.34. The van der Waals surface area contributed by atoms with Gasteiger partial charge in [0.15, 0.2) is 0 Å². The monoisotopic (exact) mass is 499 g/mol. The molecule has 10 heteroatoms. The van der Waals surface area contributed by atoms with Gasteiger partial charge in [-0.2, -0.15) is 0 Å². The van der Waals surface area contributed by atoms with Gasteiger partial charge in [-0.15, -0.1) is 0 Å². The molecule has 2 aliphatic rings. The van der Waals surface area contributed by atoms with E-state index in [0.29, 0.717) is 11.3 Å². The molecule has 4 rings (SSSR count). The number of hydrogen-bond donors (Lipinski definition) is 2. The lowest BCUT2D eigenvalue weighted by Gasteiger charge is -2.29. The summed E-state index contributed by atoms with van der Waals surface area (Å²) in [6.45, 7) is 1.93. The summed E-state index contributed by atoms with van der Waals surface area (Å²) in [7, 11) is -2.24. The average Bonchev–Trinajstić information content (AvgIpc) is 3.09. The van der Waals surface area contributed by atoms with E-state index < -0.39 is 22.0 Å². The topological polar surface area (TPSA) is 122 Å². The zero-order valence-corrected chi connectivity index (χ0v) is 20.6. The van der Waals surface area contributed by atoms with E-state index in [-0.39, 0.29) is 40.5 Å². The van der Waals surface area contributed by atoms with Gasteiger partial charge in [0.1, 0.15) is 0 Å². The van der Waals surface area contributed by atoms with E-state index >= 15 is 0 Å². The summed E-state index contributed by atoms with van der Waals surface area (Å²) in [5, 5.41) is 2.71. The van der Waals surface area contributed by atoms with Crippen LogP contribution in [0.4, 0.5) is 5.69 Å². The third-order valence-electron chi connectivity index (χ3n) is 6.32. The Hall–Kier alpha value is -3.08. The number of imide groups is 1. The maximum atomic E-state index is 13.0. The number of anilines is 1. The number of ether oxygens (including phenoxy) is 1. The molecule has 0 saturated heterocycles. The molecule has 1 saturated carbocycles. The van der Waals surface area contributed by atoms with Gasteiger partial charge >= 0.3 is 0 Å². The van der Waals surface area contributed by atoms with E-state index in [0.717, 1.165) is 32.1 Å². The van der Waals surface area contributed by atoms with Crippen molar-refractivity contribution in [1.82, 2.24) is 9.62 Å². The average molecular weight is 500 g/mol. The number of amides is 3. The zero-order valence-electron chi connectivity index (χ0n) is 19.7. The number of sulfonamides is 1. The second-order valence-corrected chi connectivity index (χ2v) is 10.7. The van der Waals surface area contributed by atoms with Gasteiger partial charge in [0.05, 0.1) is 22.6 Å². The standard InChI is InChI=1S/C25H29N3O6S/c1-16(15-34-2)27-35(32,33)20-11-9-18(10-12-20)26-23(29)17-8-13-21-22(14-17)25(31)28(24(21)30)19-6-4-3-5-7-19/h8-14,16,19,27H,3-7,15H2,1-2H3,(H,26,29). The Morgan fingerprint density at radius 1 is 1.03 bits per heavy atom. The van der Waals surface area contributed by atoms with Crippen molar-refractivity contribution in [3.63, 3.8) is 0 Å². The Labute approximate surface area is 204 Å². The fourth-order valence-electron chi connectivity index (χ4n) is 4.61. The summed E-state index contributed by atoms with van der Waals surface area (Å²) in [6.07, 6.45) is 4.72. The molecule has 0 aromatic heterocycles. The van der Waals surface area contributed by atoms with Crippen molar-refractivity contribution >= 4 is 33.4 Å². The minimum Gasteiger partial charge on any atom is -0.383 e. The van der Waals surface area contributed by atoms with Crippen LogP contribution in [-0.2, 0) is 14.8 Å². The largest absolute Gasteiger partial charge is 0.383 e. The van der Waals surface area contributed by atoms with Crippen LogP contribution in [0.5, 0.6) is 0 Å². The van der Waals surface area contributed by atoms with Gasteiger partial charge in [-0.25, -0.2) is 13.1 Å². The van der Waals surface area contributed by atoms with Crippen LogP contribution < -0.4 is 10.0 Å². The number of carbonyl (C=O) groups is 3. The molecule has 0 radical (unpaired) electrons. The smallest absolute Gasteiger partial charge is 0.261 e. The zero-order chi connectivity index (χ0) is 25.2. The quantitative estimate of drug-likeness (QED) is 0.538. The number of benzene rings is 2. The number of nitrogens with zero attached hydrogens (tertiary/aromatic N) is 1. The number of hydrogen-bond acceptors (Lipinski definition) is 6. The molecule has 1 aliphatic carbocycles. The van der Waals surface area contributed by atoms with E-state index in [1.54, 1.807) is 6.92 Å². The van der Waals surface area contributed by atoms with E-state index in [9.17, 15) is 22.8 Å². The highest BCUT2D eigenvalue weighted by Crippen LogP contribution is 2.31. The Balaban J connectivity index is 1.46. The molecule has 1 aliphatic heterocycles. The minimum atomic E-state index is -3.73. The molecule has 9 nitrogen and oxygen atoms in total. The Morgan fingerprint density at radius 3 is 2.34 bits per heavy atom. The lowest BCUT2D eigenvalue weighted by atomic mass is 9.94. The highest BCUT2D eigenvalue weighted by atomic mass is 32.2. The van der Waals surface area contributed by atoms with Crippen LogP contribution in [0.3, 0.4) is 0 Å². The van der Waals surface area contributed by atoms with E-state index in [1.165, 1.54) is 54.5 Å². The van der Waals surface area contributed by atoms with Gasteiger partial charge in [-0.3, -0.25) is 19.3 Å². The third kappa shape index (κ3) is 5.29. The molecule has 1 unspecified atom stereocenters.